The smallest absolute Gasteiger partial charge is 0.282 e. The number of hydrogen-bond acceptors (Lipinski definition) is 2. The van der Waals surface area contributed by atoms with E-state index in [0.717, 1.165) is 11.1 Å². The van der Waals surface area contributed by atoms with Crippen molar-refractivity contribution in [3.8, 4) is 0 Å². The van der Waals surface area contributed by atoms with Crippen molar-refractivity contribution in [2.24, 2.45) is 0 Å². The van der Waals surface area contributed by atoms with E-state index < -0.39 is 10.1 Å². The molecule has 106 valence electrons. The van der Waals surface area contributed by atoms with Crippen LogP contribution in [0.15, 0.2) is 47.4 Å². The van der Waals surface area contributed by atoms with Crippen molar-refractivity contribution in [1.82, 2.24) is 0 Å². The van der Waals surface area contributed by atoms with Crippen LogP contribution in [0.25, 0.3) is 0 Å². The molecule has 20 heavy (non-hydrogen) atoms. The summed E-state index contributed by atoms with van der Waals surface area (Å²) in [6, 6.07) is 11.9. The van der Waals surface area contributed by atoms with Gasteiger partial charge in [0.25, 0.3) is 10.1 Å². The zero-order valence-corrected chi connectivity index (χ0v) is 12.9. The molecule has 0 fully saturated rings. The quantitative estimate of drug-likeness (QED) is 0.849. The first-order valence-corrected chi connectivity index (χ1v) is 8.01. The van der Waals surface area contributed by atoms with Crippen LogP contribution in [0.5, 0.6) is 0 Å². The van der Waals surface area contributed by atoms with Crippen LogP contribution in [0.1, 0.15) is 24.0 Å². The molecular formula is C14H12Cl2O3S. The van der Waals surface area contributed by atoms with Gasteiger partial charge in [0.05, 0.1) is 5.02 Å². The first-order valence-electron chi connectivity index (χ1n) is 5.81. The molecule has 1 atom stereocenters. The van der Waals surface area contributed by atoms with Crippen LogP contribution in [0.2, 0.25) is 10.0 Å². The Labute approximate surface area is 127 Å². The molecule has 0 saturated heterocycles. The molecule has 0 amide bonds. The van der Waals surface area contributed by atoms with Gasteiger partial charge in [-0.2, -0.15) is 8.42 Å². The van der Waals surface area contributed by atoms with Gasteiger partial charge in [0.1, 0.15) is 4.90 Å². The van der Waals surface area contributed by atoms with Gasteiger partial charge in [-0.3, -0.25) is 4.55 Å². The fourth-order valence-corrected chi connectivity index (χ4v) is 3.07. The highest BCUT2D eigenvalue weighted by atomic mass is 35.5. The maximum Gasteiger partial charge on any atom is 0.296 e. The molecule has 1 unspecified atom stereocenters. The van der Waals surface area contributed by atoms with Crippen molar-refractivity contribution in [2.75, 3.05) is 0 Å². The predicted molar refractivity (Wildman–Crippen MR) is 80.2 cm³/mol. The van der Waals surface area contributed by atoms with E-state index in [9.17, 15) is 8.42 Å². The van der Waals surface area contributed by atoms with Crippen molar-refractivity contribution >= 4 is 33.3 Å². The van der Waals surface area contributed by atoms with Gasteiger partial charge in [-0.25, -0.2) is 0 Å². The number of rotatable bonds is 3. The molecule has 0 saturated carbocycles. The molecule has 0 aliphatic heterocycles. The largest absolute Gasteiger partial charge is 0.296 e. The monoisotopic (exact) mass is 330 g/mol. The van der Waals surface area contributed by atoms with Gasteiger partial charge in [-0.1, -0.05) is 48.3 Å². The van der Waals surface area contributed by atoms with Gasteiger partial charge in [0.2, 0.25) is 0 Å². The van der Waals surface area contributed by atoms with Crippen LogP contribution in [-0.2, 0) is 10.1 Å². The third-order valence-corrected chi connectivity index (χ3v) is 4.69. The van der Waals surface area contributed by atoms with Crippen molar-refractivity contribution < 1.29 is 13.0 Å². The third kappa shape index (κ3) is 3.33. The molecule has 2 aromatic rings. The van der Waals surface area contributed by atoms with E-state index in [4.69, 9.17) is 27.8 Å². The molecule has 0 heterocycles. The molecule has 6 heteroatoms. The van der Waals surface area contributed by atoms with Crippen LogP contribution < -0.4 is 0 Å². The van der Waals surface area contributed by atoms with E-state index >= 15 is 0 Å². The topological polar surface area (TPSA) is 54.4 Å². The minimum absolute atomic E-state index is 0.000411. The fourth-order valence-electron chi connectivity index (χ4n) is 1.93. The molecule has 0 spiro atoms. The summed E-state index contributed by atoms with van der Waals surface area (Å²) in [5, 5.41) is 0.634. The standard InChI is InChI=1S/C14H12Cl2O3S/c1-9(10-2-5-12(15)6-3-10)11-4-7-13(16)14(8-11)20(17,18)19/h2-9H,1H3,(H,17,18,19). The number of benzene rings is 2. The number of hydrogen-bond donors (Lipinski definition) is 1. The summed E-state index contributed by atoms with van der Waals surface area (Å²) in [6.07, 6.45) is 0. The Morgan fingerprint density at radius 3 is 2.10 bits per heavy atom. The molecule has 3 nitrogen and oxygen atoms in total. The van der Waals surface area contributed by atoms with Crippen LogP contribution >= 0.6 is 23.2 Å². The highest BCUT2D eigenvalue weighted by molar-refractivity contribution is 7.86. The summed E-state index contributed by atoms with van der Waals surface area (Å²) >= 11 is 11.6. The summed E-state index contributed by atoms with van der Waals surface area (Å²) in [4.78, 5) is -0.280. The van der Waals surface area contributed by atoms with E-state index in [1.807, 2.05) is 19.1 Å². The molecule has 2 aromatic carbocycles. The summed E-state index contributed by atoms with van der Waals surface area (Å²) in [5.74, 6) is -0.0509. The second-order valence-electron chi connectivity index (χ2n) is 4.44. The van der Waals surface area contributed by atoms with E-state index in [0.29, 0.717) is 5.02 Å². The van der Waals surface area contributed by atoms with E-state index in [-0.39, 0.29) is 15.8 Å². The van der Waals surface area contributed by atoms with Gasteiger partial charge >= 0.3 is 0 Å². The average molecular weight is 331 g/mol. The van der Waals surface area contributed by atoms with Crippen LogP contribution in [0.4, 0.5) is 0 Å². The lowest BCUT2D eigenvalue weighted by molar-refractivity contribution is 0.483. The summed E-state index contributed by atoms with van der Waals surface area (Å²) in [6.45, 7) is 1.93. The molecule has 0 aromatic heterocycles. The third-order valence-electron chi connectivity index (χ3n) is 3.10. The van der Waals surface area contributed by atoms with Crippen LogP contribution in [-0.4, -0.2) is 13.0 Å². The zero-order chi connectivity index (χ0) is 14.9. The second-order valence-corrected chi connectivity index (χ2v) is 6.67. The minimum atomic E-state index is -4.33. The molecule has 0 radical (unpaired) electrons. The Bertz CT molecular complexity index is 725. The lowest BCUT2D eigenvalue weighted by atomic mass is 9.93. The lowest BCUT2D eigenvalue weighted by Gasteiger charge is -2.14. The van der Waals surface area contributed by atoms with Crippen molar-refractivity contribution in [2.45, 2.75) is 17.7 Å². The maximum atomic E-state index is 11.3. The Hall–Kier alpha value is -1.07. The maximum absolute atomic E-state index is 11.3. The Balaban J connectivity index is 2.45. The van der Waals surface area contributed by atoms with Gasteiger partial charge in [0.15, 0.2) is 0 Å². The SMILES string of the molecule is CC(c1ccc(Cl)cc1)c1ccc(Cl)c(S(=O)(=O)O)c1. The predicted octanol–water partition coefficient (Wildman–Crippen LogP) is 4.39. The summed E-state index contributed by atoms with van der Waals surface area (Å²) < 4.78 is 31.7. The van der Waals surface area contributed by atoms with Crippen LogP contribution in [0, 0.1) is 0 Å². The van der Waals surface area contributed by atoms with Gasteiger partial charge in [-0.05, 0) is 35.4 Å². The van der Waals surface area contributed by atoms with E-state index in [1.54, 1.807) is 18.2 Å². The van der Waals surface area contributed by atoms with Crippen molar-refractivity contribution in [3.63, 3.8) is 0 Å². The average Bonchev–Trinajstić information content (AvgIpc) is 2.38. The Morgan fingerprint density at radius 2 is 1.55 bits per heavy atom. The Kier molecular flexibility index (Phi) is 4.39. The van der Waals surface area contributed by atoms with Crippen LogP contribution in [0.3, 0.4) is 0 Å². The molecule has 0 bridgehead atoms. The van der Waals surface area contributed by atoms with Crippen molar-refractivity contribution in [3.05, 3.63) is 63.6 Å². The molecule has 1 N–H and O–H groups in total. The highest BCUT2D eigenvalue weighted by Crippen LogP contribution is 2.30. The van der Waals surface area contributed by atoms with Gasteiger partial charge in [-0.15, -0.1) is 0 Å². The van der Waals surface area contributed by atoms with Crippen molar-refractivity contribution in [1.29, 1.82) is 0 Å². The first-order chi connectivity index (χ1) is 9.29. The molecule has 0 aliphatic carbocycles. The summed E-state index contributed by atoms with van der Waals surface area (Å²) in [7, 11) is -4.33. The fraction of sp³-hybridized carbons (Fsp3) is 0.143. The minimum Gasteiger partial charge on any atom is -0.282 e. The number of halogens is 2. The molecule has 0 aliphatic rings. The second kappa shape index (κ2) is 5.74. The lowest BCUT2D eigenvalue weighted by Crippen LogP contribution is -2.02. The van der Waals surface area contributed by atoms with Gasteiger partial charge in [0, 0.05) is 10.9 Å². The van der Waals surface area contributed by atoms with E-state index in [2.05, 4.69) is 0 Å². The Morgan fingerprint density at radius 1 is 1.00 bits per heavy atom. The summed E-state index contributed by atoms with van der Waals surface area (Å²) in [5.41, 5.74) is 1.72. The first kappa shape index (κ1) is 15.3. The molecule has 2 rings (SSSR count). The normalized spacial score (nSPS) is 13.2. The van der Waals surface area contributed by atoms with Gasteiger partial charge < -0.3 is 0 Å². The zero-order valence-electron chi connectivity index (χ0n) is 10.5. The highest BCUT2D eigenvalue weighted by Gasteiger charge is 2.17. The molecular weight excluding hydrogens is 319 g/mol. The van der Waals surface area contributed by atoms with E-state index in [1.165, 1.54) is 12.1 Å².